The summed E-state index contributed by atoms with van der Waals surface area (Å²) in [5, 5.41) is 9.16. The maximum Gasteiger partial charge on any atom is 0.221 e. The van der Waals surface area contributed by atoms with Crippen LogP contribution in [0, 0.1) is 0 Å². The number of ether oxygens (including phenoxy) is 2. The van der Waals surface area contributed by atoms with Crippen LogP contribution in [0.2, 0.25) is 0 Å². The summed E-state index contributed by atoms with van der Waals surface area (Å²) in [6, 6.07) is 7.67. The molecule has 0 unspecified atom stereocenters. The Labute approximate surface area is 173 Å². The highest BCUT2D eigenvalue weighted by Crippen LogP contribution is 2.17. The van der Waals surface area contributed by atoms with Gasteiger partial charge in [-0.2, -0.15) is 0 Å². The Hall–Kier alpha value is -1.55. The van der Waals surface area contributed by atoms with E-state index < -0.39 is 0 Å². The van der Waals surface area contributed by atoms with Gasteiger partial charge in [0.25, 0.3) is 0 Å². The van der Waals surface area contributed by atoms with Crippen molar-refractivity contribution in [3.8, 4) is 5.75 Å². The second-order valence-electron chi connectivity index (χ2n) is 5.45. The largest absolute Gasteiger partial charge is 0.493 e. The van der Waals surface area contributed by atoms with Gasteiger partial charge in [0, 0.05) is 58.4 Å². The van der Waals surface area contributed by atoms with E-state index in [0.29, 0.717) is 38.7 Å². The second-order valence-corrected chi connectivity index (χ2v) is 5.45. The van der Waals surface area contributed by atoms with Gasteiger partial charge < -0.3 is 25.4 Å². The number of carbonyl (C=O) groups is 1. The quantitative estimate of drug-likeness (QED) is 0.197. The highest BCUT2D eigenvalue weighted by molar-refractivity contribution is 14.0. The van der Waals surface area contributed by atoms with Crippen LogP contribution in [0.15, 0.2) is 29.3 Å². The third kappa shape index (κ3) is 11.1. The average Bonchev–Trinajstić information content (AvgIpc) is 2.63. The van der Waals surface area contributed by atoms with Crippen LogP contribution in [0.4, 0.5) is 5.69 Å². The van der Waals surface area contributed by atoms with Crippen LogP contribution in [0.3, 0.4) is 0 Å². The molecular formula is C18H31IN4O3. The molecular weight excluding hydrogens is 447 g/mol. The number of halogens is 1. The van der Waals surface area contributed by atoms with Gasteiger partial charge in [0.2, 0.25) is 5.91 Å². The minimum absolute atomic E-state index is 0. The molecule has 0 atom stereocenters. The van der Waals surface area contributed by atoms with Crippen LogP contribution in [-0.4, -0.2) is 52.3 Å². The Morgan fingerprint density at radius 3 is 2.69 bits per heavy atom. The van der Waals surface area contributed by atoms with E-state index in [1.165, 1.54) is 0 Å². The molecule has 26 heavy (non-hydrogen) atoms. The van der Waals surface area contributed by atoms with E-state index in [2.05, 4.69) is 20.9 Å². The van der Waals surface area contributed by atoms with Crippen molar-refractivity contribution < 1.29 is 14.3 Å². The number of hydrogen-bond acceptors (Lipinski definition) is 4. The molecule has 0 saturated carbocycles. The fraction of sp³-hybridized carbons (Fsp3) is 0.556. The first kappa shape index (κ1) is 24.5. The van der Waals surface area contributed by atoms with E-state index in [9.17, 15) is 4.79 Å². The number of nitrogens with one attached hydrogen (secondary N) is 3. The standard InChI is InChI=1S/C18H30N4O3.HI/c1-4-10-20-17(23)9-11-21-18(19-2)22-15-7-5-8-16(14-15)25-13-6-12-24-3;/h5,7-8,14H,4,6,9-13H2,1-3H3,(H,20,23)(H2,19,21,22);1H. The Morgan fingerprint density at radius 1 is 1.19 bits per heavy atom. The Kier molecular flexibility index (Phi) is 14.8. The van der Waals surface area contributed by atoms with Crippen LogP contribution in [0.5, 0.6) is 5.75 Å². The third-order valence-electron chi connectivity index (χ3n) is 3.30. The van der Waals surface area contributed by atoms with Gasteiger partial charge in [0.15, 0.2) is 5.96 Å². The fourth-order valence-corrected chi connectivity index (χ4v) is 2.02. The summed E-state index contributed by atoms with van der Waals surface area (Å²) in [5.41, 5.74) is 0.868. The molecule has 1 aromatic carbocycles. The molecule has 0 heterocycles. The number of nitrogens with zero attached hydrogens (tertiary/aromatic N) is 1. The first-order valence-corrected chi connectivity index (χ1v) is 8.65. The molecule has 0 saturated heterocycles. The molecule has 7 nitrogen and oxygen atoms in total. The fourth-order valence-electron chi connectivity index (χ4n) is 2.02. The van der Waals surface area contributed by atoms with Gasteiger partial charge in [0.05, 0.1) is 6.61 Å². The van der Waals surface area contributed by atoms with Crippen molar-refractivity contribution in [3.05, 3.63) is 24.3 Å². The second kappa shape index (κ2) is 15.7. The molecule has 1 aromatic rings. The van der Waals surface area contributed by atoms with Gasteiger partial charge in [-0.25, -0.2) is 0 Å². The SMILES string of the molecule is CCCNC(=O)CCNC(=NC)Nc1cccc(OCCCOC)c1.I. The topological polar surface area (TPSA) is 84.0 Å². The van der Waals surface area contributed by atoms with Gasteiger partial charge in [-0.15, -0.1) is 24.0 Å². The molecule has 8 heteroatoms. The smallest absolute Gasteiger partial charge is 0.221 e. The maximum absolute atomic E-state index is 11.6. The minimum Gasteiger partial charge on any atom is -0.493 e. The van der Waals surface area contributed by atoms with E-state index in [0.717, 1.165) is 24.3 Å². The lowest BCUT2D eigenvalue weighted by Crippen LogP contribution is -2.34. The number of amides is 1. The lowest BCUT2D eigenvalue weighted by molar-refractivity contribution is -0.120. The van der Waals surface area contributed by atoms with Crippen LogP contribution in [-0.2, 0) is 9.53 Å². The summed E-state index contributed by atoms with van der Waals surface area (Å²) in [6.07, 6.45) is 2.19. The third-order valence-corrected chi connectivity index (χ3v) is 3.30. The normalized spacial score (nSPS) is 10.7. The first-order valence-electron chi connectivity index (χ1n) is 8.65. The zero-order chi connectivity index (χ0) is 18.3. The summed E-state index contributed by atoms with van der Waals surface area (Å²) in [4.78, 5) is 15.7. The first-order chi connectivity index (χ1) is 12.2. The van der Waals surface area contributed by atoms with Crippen molar-refractivity contribution in [3.63, 3.8) is 0 Å². The Morgan fingerprint density at radius 2 is 2.00 bits per heavy atom. The zero-order valence-corrected chi connectivity index (χ0v) is 18.2. The van der Waals surface area contributed by atoms with Crippen LogP contribution in [0.1, 0.15) is 26.2 Å². The molecule has 0 aliphatic carbocycles. The number of aliphatic imine (C=N–C) groups is 1. The summed E-state index contributed by atoms with van der Waals surface area (Å²) >= 11 is 0. The molecule has 0 aliphatic heterocycles. The molecule has 0 fully saturated rings. The summed E-state index contributed by atoms with van der Waals surface area (Å²) in [5.74, 6) is 1.44. The van der Waals surface area contributed by atoms with Gasteiger partial charge in [-0.3, -0.25) is 9.79 Å². The average molecular weight is 478 g/mol. The summed E-state index contributed by atoms with van der Waals surface area (Å²) in [6.45, 7) is 4.54. The Bertz CT molecular complexity index is 541. The van der Waals surface area contributed by atoms with E-state index in [4.69, 9.17) is 9.47 Å². The lowest BCUT2D eigenvalue weighted by Gasteiger charge is -2.13. The van der Waals surface area contributed by atoms with Gasteiger partial charge in [-0.1, -0.05) is 13.0 Å². The molecule has 0 radical (unpaired) electrons. The molecule has 148 valence electrons. The van der Waals surface area contributed by atoms with Crippen molar-refractivity contribution in [1.29, 1.82) is 0 Å². The number of carbonyl (C=O) groups excluding carboxylic acids is 1. The maximum atomic E-state index is 11.6. The number of methoxy groups -OCH3 is 1. The summed E-state index contributed by atoms with van der Waals surface area (Å²) in [7, 11) is 3.37. The van der Waals surface area contributed by atoms with Crippen molar-refractivity contribution in [2.24, 2.45) is 4.99 Å². The van der Waals surface area contributed by atoms with E-state index >= 15 is 0 Å². The molecule has 1 rings (SSSR count). The number of hydrogen-bond donors (Lipinski definition) is 3. The van der Waals surface area contributed by atoms with Crippen molar-refractivity contribution in [1.82, 2.24) is 10.6 Å². The van der Waals surface area contributed by atoms with E-state index in [1.807, 2.05) is 31.2 Å². The van der Waals surface area contributed by atoms with E-state index in [1.54, 1.807) is 14.2 Å². The Balaban J connectivity index is 0.00000625. The van der Waals surface area contributed by atoms with Crippen LogP contribution in [0.25, 0.3) is 0 Å². The van der Waals surface area contributed by atoms with Crippen molar-refractivity contribution >= 4 is 41.5 Å². The van der Waals surface area contributed by atoms with Crippen molar-refractivity contribution in [2.75, 3.05) is 45.8 Å². The van der Waals surface area contributed by atoms with Crippen molar-refractivity contribution in [2.45, 2.75) is 26.2 Å². The van der Waals surface area contributed by atoms with Crippen LogP contribution < -0.4 is 20.7 Å². The molecule has 0 aliphatic rings. The predicted octanol–water partition coefficient (Wildman–Crippen LogP) is 2.62. The minimum atomic E-state index is 0. The van der Waals surface area contributed by atoms with Gasteiger partial charge in [-0.05, 0) is 18.6 Å². The number of anilines is 1. The van der Waals surface area contributed by atoms with Gasteiger partial charge in [0.1, 0.15) is 5.75 Å². The predicted molar refractivity (Wildman–Crippen MR) is 117 cm³/mol. The molecule has 1 amide bonds. The lowest BCUT2D eigenvalue weighted by atomic mass is 10.3. The highest BCUT2D eigenvalue weighted by atomic mass is 127. The molecule has 0 bridgehead atoms. The number of benzene rings is 1. The van der Waals surface area contributed by atoms with E-state index in [-0.39, 0.29) is 29.9 Å². The summed E-state index contributed by atoms with van der Waals surface area (Å²) < 4.78 is 10.7. The molecule has 0 aromatic heterocycles. The molecule has 3 N–H and O–H groups in total. The van der Waals surface area contributed by atoms with Gasteiger partial charge >= 0.3 is 0 Å². The zero-order valence-electron chi connectivity index (χ0n) is 15.8. The molecule has 0 spiro atoms. The monoisotopic (exact) mass is 478 g/mol. The van der Waals surface area contributed by atoms with Crippen LogP contribution >= 0.6 is 24.0 Å². The number of guanidine groups is 1. The highest BCUT2D eigenvalue weighted by Gasteiger charge is 2.03. The number of rotatable bonds is 11.